The fourth-order valence-corrected chi connectivity index (χ4v) is 4.63. The lowest BCUT2D eigenvalue weighted by molar-refractivity contribution is 0.319. The number of hydrogen-bond acceptors (Lipinski definition) is 6. The Balaban J connectivity index is 2.79. The molecule has 28 heavy (non-hydrogen) atoms. The van der Waals surface area contributed by atoms with E-state index in [9.17, 15) is 30.0 Å². The molecule has 156 valence electrons. The van der Waals surface area contributed by atoms with Gasteiger partial charge >= 0.3 is 0 Å². The quantitative estimate of drug-likeness (QED) is 0.458. The standard InChI is InChI=1S/C16H19F3N2O5S2/c17-11-12(18)16(27(23,24)9-8-22)14(13(19)15(11)28(20,25)26)21-10-6-4-2-1-3-5-7-10/h2,4,7,21-22H,1,3,5-6,8-9H2,(H2,20,25,26)/b4-2-,10-7-. The van der Waals surface area contributed by atoms with Crippen LogP contribution in [0.15, 0.2) is 33.7 Å². The van der Waals surface area contributed by atoms with E-state index >= 15 is 0 Å². The highest BCUT2D eigenvalue weighted by atomic mass is 32.2. The van der Waals surface area contributed by atoms with Crippen molar-refractivity contribution in [2.45, 2.75) is 35.5 Å². The van der Waals surface area contributed by atoms with Gasteiger partial charge in [-0.25, -0.2) is 35.1 Å². The fourth-order valence-electron chi connectivity index (χ4n) is 2.68. The number of hydrogen-bond donors (Lipinski definition) is 3. The maximum atomic E-state index is 14.9. The third kappa shape index (κ3) is 4.74. The number of aliphatic hydroxyl groups is 1. The highest BCUT2D eigenvalue weighted by molar-refractivity contribution is 7.91. The van der Waals surface area contributed by atoms with Gasteiger partial charge in [-0.15, -0.1) is 0 Å². The molecule has 0 radical (unpaired) electrons. The molecule has 1 aromatic carbocycles. The zero-order chi connectivity index (χ0) is 21.1. The van der Waals surface area contributed by atoms with E-state index in [1.54, 1.807) is 12.2 Å². The van der Waals surface area contributed by atoms with Gasteiger partial charge in [-0.05, 0) is 19.3 Å². The van der Waals surface area contributed by atoms with Crippen molar-refractivity contribution in [2.24, 2.45) is 5.14 Å². The van der Waals surface area contributed by atoms with E-state index in [-0.39, 0.29) is 12.1 Å². The minimum atomic E-state index is -5.05. The molecule has 1 aliphatic rings. The highest BCUT2D eigenvalue weighted by Gasteiger charge is 2.36. The summed E-state index contributed by atoms with van der Waals surface area (Å²) >= 11 is 0. The van der Waals surface area contributed by atoms with E-state index < -0.39 is 65.2 Å². The number of nitrogens with two attached hydrogens (primary N) is 1. The van der Waals surface area contributed by atoms with Gasteiger partial charge in [0, 0.05) is 12.1 Å². The Hall–Kier alpha value is -1.89. The highest BCUT2D eigenvalue weighted by Crippen LogP contribution is 2.36. The fraction of sp³-hybridized carbons (Fsp3) is 0.375. The first-order valence-corrected chi connectivity index (χ1v) is 11.4. The first-order chi connectivity index (χ1) is 13.0. The average molecular weight is 440 g/mol. The number of sulfone groups is 1. The number of rotatable bonds is 6. The van der Waals surface area contributed by atoms with E-state index in [2.05, 4.69) is 5.32 Å². The van der Waals surface area contributed by atoms with Gasteiger partial charge in [-0.3, -0.25) is 0 Å². The van der Waals surface area contributed by atoms with E-state index in [1.165, 1.54) is 0 Å². The molecule has 0 aliphatic heterocycles. The van der Waals surface area contributed by atoms with Crippen molar-refractivity contribution in [3.63, 3.8) is 0 Å². The third-order valence-corrected chi connectivity index (χ3v) is 6.60. The summed E-state index contributed by atoms with van der Waals surface area (Å²) in [6.45, 7) is -0.938. The van der Waals surface area contributed by atoms with Gasteiger partial charge in [-0.1, -0.05) is 18.2 Å². The summed E-state index contributed by atoms with van der Waals surface area (Å²) < 4.78 is 91.4. The second-order valence-electron chi connectivity index (χ2n) is 6.02. The van der Waals surface area contributed by atoms with Crippen molar-refractivity contribution in [3.8, 4) is 0 Å². The van der Waals surface area contributed by atoms with Crippen LogP contribution in [0.3, 0.4) is 0 Å². The van der Waals surface area contributed by atoms with Crippen molar-refractivity contribution in [1.82, 2.24) is 0 Å². The van der Waals surface area contributed by atoms with Gasteiger partial charge in [-0.2, -0.15) is 0 Å². The van der Waals surface area contributed by atoms with Crippen LogP contribution in [0, 0.1) is 17.5 Å². The number of aliphatic hydroxyl groups excluding tert-OH is 1. The molecule has 2 rings (SSSR count). The van der Waals surface area contributed by atoms with Crippen LogP contribution in [0.4, 0.5) is 18.9 Å². The predicted octanol–water partition coefficient (Wildman–Crippen LogP) is 1.94. The van der Waals surface area contributed by atoms with E-state index in [0.717, 1.165) is 12.8 Å². The number of sulfonamides is 1. The molecule has 0 fully saturated rings. The first kappa shape index (κ1) is 22.4. The largest absolute Gasteiger partial charge is 0.395 e. The number of nitrogens with one attached hydrogen (secondary N) is 1. The lowest BCUT2D eigenvalue weighted by Gasteiger charge is -2.19. The molecule has 0 heterocycles. The van der Waals surface area contributed by atoms with E-state index in [0.29, 0.717) is 6.42 Å². The van der Waals surface area contributed by atoms with Crippen LogP contribution in [-0.2, 0) is 19.9 Å². The van der Waals surface area contributed by atoms with Crippen molar-refractivity contribution < 1.29 is 35.1 Å². The zero-order valence-corrected chi connectivity index (χ0v) is 16.2. The molecule has 0 spiro atoms. The average Bonchev–Trinajstić information content (AvgIpc) is 2.53. The van der Waals surface area contributed by atoms with Crippen LogP contribution in [0.2, 0.25) is 0 Å². The van der Waals surface area contributed by atoms with Gasteiger partial charge in [0.15, 0.2) is 32.2 Å². The maximum absolute atomic E-state index is 14.9. The van der Waals surface area contributed by atoms with Crippen LogP contribution < -0.4 is 10.5 Å². The Kier molecular flexibility index (Phi) is 6.91. The Morgan fingerprint density at radius 2 is 1.64 bits per heavy atom. The Labute approximate surface area is 160 Å². The lowest BCUT2D eigenvalue weighted by Crippen LogP contribution is -2.23. The lowest BCUT2D eigenvalue weighted by atomic mass is 10.1. The van der Waals surface area contributed by atoms with Gasteiger partial charge in [0.05, 0.1) is 18.0 Å². The number of anilines is 1. The number of benzene rings is 1. The smallest absolute Gasteiger partial charge is 0.244 e. The van der Waals surface area contributed by atoms with Crippen LogP contribution in [-0.4, -0.2) is 34.3 Å². The van der Waals surface area contributed by atoms with Crippen LogP contribution in [0.1, 0.15) is 25.7 Å². The summed E-state index contributed by atoms with van der Waals surface area (Å²) in [6.07, 6.45) is 7.45. The van der Waals surface area contributed by atoms with Crippen molar-refractivity contribution in [2.75, 3.05) is 17.7 Å². The van der Waals surface area contributed by atoms with Crippen molar-refractivity contribution >= 4 is 25.5 Å². The molecule has 4 N–H and O–H groups in total. The molecule has 0 aromatic heterocycles. The van der Waals surface area contributed by atoms with Gasteiger partial charge in [0.2, 0.25) is 10.0 Å². The van der Waals surface area contributed by atoms with Crippen molar-refractivity contribution in [3.05, 3.63) is 41.4 Å². The Morgan fingerprint density at radius 3 is 2.25 bits per heavy atom. The van der Waals surface area contributed by atoms with Crippen LogP contribution in [0.25, 0.3) is 0 Å². The molecule has 12 heteroatoms. The van der Waals surface area contributed by atoms with E-state index in [4.69, 9.17) is 10.2 Å². The minimum absolute atomic E-state index is 0.197. The molecule has 0 amide bonds. The molecule has 7 nitrogen and oxygen atoms in total. The molecule has 0 bridgehead atoms. The summed E-state index contributed by atoms with van der Waals surface area (Å²) in [5.74, 6) is -7.22. The molecule has 0 saturated heterocycles. The predicted molar refractivity (Wildman–Crippen MR) is 96.1 cm³/mol. The topological polar surface area (TPSA) is 127 Å². The normalized spacial score (nSPS) is 18.7. The maximum Gasteiger partial charge on any atom is 0.244 e. The van der Waals surface area contributed by atoms with Gasteiger partial charge in [0.1, 0.15) is 4.90 Å². The monoisotopic (exact) mass is 440 g/mol. The van der Waals surface area contributed by atoms with E-state index in [1.807, 2.05) is 6.08 Å². The molecular formula is C16H19F3N2O5S2. The number of primary sulfonamides is 1. The second-order valence-corrected chi connectivity index (χ2v) is 9.57. The van der Waals surface area contributed by atoms with Crippen LogP contribution >= 0.6 is 0 Å². The number of allylic oxidation sites excluding steroid dienone is 3. The third-order valence-electron chi connectivity index (χ3n) is 3.95. The molecule has 0 atom stereocenters. The van der Waals surface area contributed by atoms with Gasteiger partial charge < -0.3 is 10.4 Å². The molecular weight excluding hydrogens is 421 g/mol. The SMILES string of the molecule is NS(=O)(=O)c1c(F)c(F)c(S(=O)(=O)CCO)c(N/C2=C\CCC/C=C\C2)c1F. The summed E-state index contributed by atoms with van der Waals surface area (Å²) in [7, 11) is -9.74. The van der Waals surface area contributed by atoms with Crippen LogP contribution in [0.5, 0.6) is 0 Å². The summed E-state index contributed by atoms with van der Waals surface area (Å²) in [5, 5.41) is 16.1. The molecule has 1 aromatic rings. The second kappa shape index (κ2) is 8.64. The molecule has 1 aliphatic carbocycles. The molecule has 0 saturated carbocycles. The summed E-state index contributed by atoms with van der Waals surface area (Å²) in [4.78, 5) is -3.19. The Bertz CT molecular complexity index is 1040. The number of halogens is 3. The minimum Gasteiger partial charge on any atom is -0.395 e. The summed E-state index contributed by atoms with van der Waals surface area (Å²) in [5.41, 5.74) is -0.807. The van der Waals surface area contributed by atoms with Crippen molar-refractivity contribution in [1.29, 1.82) is 0 Å². The zero-order valence-electron chi connectivity index (χ0n) is 14.6. The molecule has 0 unspecified atom stereocenters. The first-order valence-electron chi connectivity index (χ1n) is 8.18. The summed E-state index contributed by atoms with van der Waals surface area (Å²) in [6, 6.07) is 0. The van der Waals surface area contributed by atoms with Gasteiger partial charge in [0.25, 0.3) is 0 Å². The Morgan fingerprint density at radius 1 is 1.00 bits per heavy atom.